The van der Waals surface area contributed by atoms with Crippen molar-refractivity contribution in [1.29, 1.82) is 0 Å². The number of rotatable bonds is 14. The molecule has 2 aliphatic rings. The van der Waals surface area contributed by atoms with E-state index >= 15 is 0 Å². The summed E-state index contributed by atoms with van der Waals surface area (Å²) in [4.78, 5) is 53.1. The quantitative estimate of drug-likeness (QED) is 0.139. The first kappa shape index (κ1) is 36.4. The van der Waals surface area contributed by atoms with Crippen LogP contribution in [0.4, 0.5) is 0 Å². The van der Waals surface area contributed by atoms with Crippen LogP contribution < -0.4 is 37.1 Å². The van der Waals surface area contributed by atoms with Gasteiger partial charge in [0, 0.05) is 42.9 Å². The lowest BCUT2D eigenvalue weighted by molar-refractivity contribution is -0.0533. The number of hydrogen-bond acceptors (Lipinski definition) is 13. The van der Waals surface area contributed by atoms with E-state index in [1.807, 2.05) is 0 Å². The Labute approximate surface area is 279 Å². The van der Waals surface area contributed by atoms with Crippen molar-refractivity contribution >= 4 is 7.75 Å². The maximum absolute atomic E-state index is 14.3. The van der Waals surface area contributed by atoms with Crippen molar-refractivity contribution in [2.45, 2.75) is 70.0 Å². The summed E-state index contributed by atoms with van der Waals surface area (Å²) in [7, 11) is -1.26. The van der Waals surface area contributed by atoms with Crippen LogP contribution in [0.3, 0.4) is 0 Å². The van der Waals surface area contributed by atoms with Crippen LogP contribution in [-0.4, -0.2) is 87.7 Å². The molecule has 18 nitrogen and oxygen atoms in total. The van der Waals surface area contributed by atoms with Gasteiger partial charge in [-0.15, -0.1) is 0 Å². The molecular weight excluding hydrogens is 669 g/mol. The van der Waals surface area contributed by atoms with E-state index in [9.17, 15) is 34.0 Å². The molecule has 19 heteroatoms. The minimum atomic E-state index is -4.28. The van der Waals surface area contributed by atoms with E-state index in [1.165, 1.54) is 40.5 Å². The van der Waals surface area contributed by atoms with Crippen LogP contribution >= 0.6 is 7.75 Å². The number of benzene rings is 1. The van der Waals surface area contributed by atoms with Crippen molar-refractivity contribution in [1.82, 2.24) is 24.2 Å². The standard InChI is InChI=1S/C30H40N5O13P/c1-16-12-34(29(40)32-27(16)38)25-10-19(37)24(47-25)15-45-49(42,31-8-7-18-5-6-20(43-3)21(9-18)44-4)48-22-11-26(46-23(22)14-36)35-13-17(2)28(39)33-30(35)41/h5-6,9,12-13,19,22-26,36-37H,7-8,10-11,14-15H2,1-4H3,(H,31,42)(H,32,38,40)(H,33,39,41)/t19-,22-,23+,24+,25+,26+,49?/m0/s1. The lowest BCUT2D eigenvalue weighted by Gasteiger charge is -2.26. The normalized spacial score (nSPS) is 24.9. The molecule has 1 unspecified atom stereocenters. The van der Waals surface area contributed by atoms with Crippen molar-refractivity contribution in [3.63, 3.8) is 0 Å². The van der Waals surface area contributed by atoms with Crippen molar-refractivity contribution in [2.75, 3.05) is 34.0 Å². The van der Waals surface area contributed by atoms with Gasteiger partial charge in [-0.1, -0.05) is 6.07 Å². The molecule has 3 aromatic rings. The molecule has 2 saturated heterocycles. The Morgan fingerprint density at radius 2 is 1.51 bits per heavy atom. The van der Waals surface area contributed by atoms with Crippen LogP contribution in [0.1, 0.15) is 42.0 Å². The van der Waals surface area contributed by atoms with Crippen molar-refractivity contribution < 1.29 is 42.8 Å². The van der Waals surface area contributed by atoms with Gasteiger partial charge in [-0.05, 0) is 38.0 Å². The van der Waals surface area contributed by atoms with E-state index in [0.717, 1.165) is 14.7 Å². The second-order valence-electron chi connectivity index (χ2n) is 11.7. The number of methoxy groups -OCH3 is 2. The summed E-state index contributed by atoms with van der Waals surface area (Å²) in [6, 6.07) is 5.30. The van der Waals surface area contributed by atoms with E-state index in [1.54, 1.807) is 18.2 Å². The summed E-state index contributed by atoms with van der Waals surface area (Å²) >= 11 is 0. The van der Waals surface area contributed by atoms with Gasteiger partial charge in [0.05, 0.1) is 33.5 Å². The lowest BCUT2D eigenvalue weighted by Crippen LogP contribution is -2.34. The minimum Gasteiger partial charge on any atom is -0.493 e. The topological polar surface area (TPSA) is 235 Å². The first-order chi connectivity index (χ1) is 23.3. The lowest BCUT2D eigenvalue weighted by atomic mass is 10.1. The Morgan fingerprint density at radius 1 is 0.918 bits per heavy atom. The summed E-state index contributed by atoms with van der Waals surface area (Å²) in [5.74, 6) is 1.04. The number of aryl methyl sites for hydroxylation is 2. The van der Waals surface area contributed by atoms with Crippen LogP contribution in [0.2, 0.25) is 0 Å². The molecule has 2 aromatic heterocycles. The van der Waals surface area contributed by atoms with Crippen molar-refractivity contribution in [3.8, 4) is 11.5 Å². The van der Waals surface area contributed by atoms with E-state index in [4.69, 9.17) is 28.0 Å². The van der Waals surface area contributed by atoms with E-state index in [0.29, 0.717) is 17.9 Å². The van der Waals surface area contributed by atoms with Crippen molar-refractivity contribution in [3.05, 3.63) is 89.0 Å². The summed E-state index contributed by atoms with van der Waals surface area (Å²) in [6.07, 6.45) is -3.22. The first-order valence-corrected chi connectivity index (χ1v) is 17.0. The second kappa shape index (κ2) is 15.3. The average Bonchev–Trinajstić information content (AvgIpc) is 3.65. The largest absolute Gasteiger partial charge is 0.493 e. The van der Waals surface area contributed by atoms with Gasteiger partial charge in [-0.3, -0.25) is 37.7 Å². The second-order valence-corrected chi connectivity index (χ2v) is 13.5. The molecule has 268 valence electrons. The summed E-state index contributed by atoms with van der Waals surface area (Å²) in [6.45, 7) is 2.13. The number of aromatic amines is 2. The monoisotopic (exact) mass is 709 g/mol. The fraction of sp³-hybridized carbons (Fsp3) is 0.533. The molecule has 0 amide bonds. The maximum Gasteiger partial charge on any atom is 0.405 e. The fourth-order valence-corrected chi connectivity index (χ4v) is 7.15. The minimum absolute atomic E-state index is 0.0185. The molecule has 5 rings (SSSR count). The van der Waals surface area contributed by atoms with Crippen LogP contribution in [0.25, 0.3) is 0 Å². The van der Waals surface area contributed by atoms with Crippen LogP contribution in [0.15, 0.2) is 49.8 Å². The number of aliphatic hydroxyl groups excluding tert-OH is 2. The SMILES string of the molecule is COc1ccc(CCNP(=O)(OC[C@H]2O[C@@H](n3cc(C)c(=O)[nH]c3=O)C[C@@H]2O)O[C@H]2C[C@H](n3cc(C)c(=O)[nH]c3=O)O[C@@H]2CO)cc1OC. The van der Waals surface area contributed by atoms with E-state index < -0.39 is 80.3 Å². The number of aliphatic hydroxyl groups is 2. The third-order valence-electron chi connectivity index (χ3n) is 8.33. The highest BCUT2D eigenvalue weighted by Gasteiger charge is 2.43. The molecule has 0 radical (unpaired) electrons. The van der Waals surface area contributed by atoms with Crippen molar-refractivity contribution in [2.24, 2.45) is 0 Å². The van der Waals surface area contributed by atoms with Crippen LogP contribution in [-0.2, 0) is 29.5 Å². The number of aromatic nitrogens is 4. The number of nitrogens with one attached hydrogen (secondary N) is 3. The zero-order valence-corrected chi connectivity index (χ0v) is 28.2. The van der Waals surface area contributed by atoms with Gasteiger partial charge in [0.15, 0.2) is 11.5 Å². The van der Waals surface area contributed by atoms with Gasteiger partial charge in [0.25, 0.3) is 11.1 Å². The Morgan fingerprint density at radius 3 is 2.10 bits per heavy atom. The molecule has 1 aromatic carbocycles. The smallest absolute Gasteiger partial charge is 0.405 e. The highest BCUT2D eigenvalue weighted by Crippen LogP contribution is 2.49. The molecule has 2 fully saturated rings. The number of H-pyrrole nitrogens is 2. The highest BCUT2D eigenvalue weighted by atomic mass is 31.2. The Balaban J connectivity index is 1.33. The Bertz CT molecular complexity index is 1920. The molecule has 7 atom stereocenters. The summed E-state index contributed by atoms with van der Waals surface area (Å²) < 4.78 is 50.8. The van der Waals surface area contributed by atoms with Crippen LogP contribution in [0.5, 0.6) is 11.5 Å². The molecular formula is C30H40N5O13P. The third-order valence-corrected chi connectivity index (χ3v) is 9.98. The van der Waals surface area contributed by atoms with Gasteiger partial charge in [-0.25, -0.2) is 19.2 Å². The van der Waals surface area contributed by atoms with Gasteiger partial charge in [-0.2, -0.15) is 0 Å². The Kier molecular flexibility index (Phi) is 11.4. The fourth-order valence-electron chi connectivity index (χ4n) is 5.62. The van der Waals surface area contributed by atoms with Gasteiger partial charge in [0.1, 0.15) is 30.8 Å². The molecule has 0 saturated carbocycles. The molecule has 49 heavy (non-hydrogen) atoms. The molecule has 0 spiro atoms. The van der Waals surface area contributed by atoms with E-state index in [-0.39, 0.29) is 30.5 Å². The van der Waals surface area contributed by atoms with E-state index in [2.05, 4.69) is 15.1 Å². The molecule has 2 aliphatic heterocycles. The zero-order chi connectivity index (χ0) is 35.5. The van der Waals surface area contributed by atoms with Gasteiger partial charge in [0.2, 0.25) is 0 Å². The summed E-state index contributed by atoms with van der Waals surface area (Å²) in [5, 5.41) is 23.7. The molecule has 5 N–H and O–H groups in total. The summed E-state index contributed by atoms with van der Waals surface area (Å²) in [5.41, 5.74) is -1.22. The molecule has 4 heterocycles. The molecule has 0 aliphatic carbocycles. The third kappa shape index (κ3) is 8.30. The Hall–Kier alpha value is -3.87. The highest BCUT2D eigenvalue weighted by molar-refractivity contribution is 7.51. The number of hydrogen-bond donors (Lipinski definition) is 5. The van der Waals surface area contributed by atoms with Gasteiger partial charge >= 0.3 is 19.1 Å². The predicted octanol–water partition coefficient (Wildman–Crippen LogP) is -0.00876. The molecule has 0 bridgehead atoms. The average molecular weight is 710 g/mol. The first-order valence-electron chi connectivity index (χ1n) is 15.5. The number of nitrogens with zero attached hydrogens (tertiary/aromatic N) is 2. The zero-order valence-electron chi connectivity index (χ0n) is 27.3. The predicted molar refractivity (Wildman–Crippen MR) is 172 cm³/mol. The van der Waals surface area contributed by atoms with Crippen LogP contribution in [0, 0.1) is 13.8 Å². The maximum atomic E-state index is 14.3. The van der Waals surface area contributed by atoms with Gasteiger partial charge < -0.3 is 29.2 Å². The number of ether oxygens (including phenoxy) is 4.